The van der Waals surface area contributed by atoms with Crippen molar-refractivity contribution >= 4 is 28.3 Å². The SMILES string of the molecule is NCc1nc(C(F)F)cc(I)c1N. The van der Waals surface area contributed by atoms with E-state index in [9.17, 15) is 8.78 Å². The average molecular weight is 299 g/mol. The molecule has 3 nitrogen and oxygen atoms in total. The van der Waals surface area contributed by atoms with Gasteiger partial charge in [-0.2, -0.15) is 0 Å². The minimum absolute atomic E-state index is 0.0718. The summed E-state index contributed by atoms with van der Waals surface area (Å²) >= 11 is 1.88. The molecule has 0 atom stereocenters. The Balaban J connectivity index is 3.22. The fourth-order valence-corrected chi connectivity index (χ4v) is 1.49. The lowest BCUT2D eigenvalue weighted by molar-refractivity contribution is 0.146. The van der Waals surface area contributed by atoms with E-state index < -0.39 is 6.43 Å². The van der Waals surface area contributed by atoms with Gasteiger partial charge in [-0.05, 0) is 28.7 Å². The second-order valence-corrected chi connectivity index (χ2v) is 3.56. The molecule has 0 aliphatic rings. The molecular formula is C7H8F2IN3. The number of hydrogen-bond donors (Lipinski definition) is 2. The molecule has 0 spiro atoms. The van der Waals surface area contributed by atoms with E-state index >= 15 is 0 Å². The van der Waals surface area contributed by atoms with Crippen LogP contribution in [-0.2, 0) is 6.54 Å². The zero-order chi connectivity index (χ0) is 10.0. The van der Waals surface area contributed by atoms with Gasteiger partial charge in [-0.15, -0.1) is 0 Å². The second kappa shape index (κ2) is 4.14. The predicted molar refractivity (Wildman–Crippen MR) is 54.2 cm³/mol. The van der Waals surface area contributed by atoms with Crippen LogP contribution in [0.2, 0.25) is 0 Å². The second-order valence-electron chi connectivity index (χ2n) is 2.39. The van der Waals surface area contributed by atoms with Gasteiger partial charge in [0, 0.05) is 10.1 Å². The predicted octanol–water partition coefficient (Wildman–Crippen LogP) is 1.66. The maximum Gasteiger partial charge on any atom is 0.280 e. The Morgan fingerprint density at radius 2 is 2.15 bits per heavy atom. The normalized spacial score (nSPS) is 10.8. The van der Waals surface area contributed by atoms with Crippen LogP contribution in [0.25, 0.3) is 0 Å². The van der Waals surface area contributed by atoms with Crippen molar-refractivity contribution in [2.75, 3.05) is 5.73 Å². The van der Waals surface area contributed by atoms with Crippen LogP contribution in [0.5, 0.6) is 0 Å². The molecule has 0 aromatic carbocycles. The molecule has 0 amide bonds. The molecule has 0 saturated heterocycles. The zero-order valence-corrected chi connectivity index (χ0v) is 8.76. The molecule has 0 unspecified atom stereocenters. The number of hydrogen-bond acceptors (Lipinski definition) is 3. The van der Waals surface area contributed by atoms with E-state index in [1.165, 1.54) is 6.07 Å². The van der Waals surface area contributed by atoms with Crippen molar-refractivity contribution < 1.29 is 8.78 Å². The van der Waals surface area contributed by atoms with Gasteiger partial charge in [-0.25, -0.2) is 13.8 Å². The van der Waals surface area contributed by atoms with E-state index in [4.69, 9.17) is 11.5 Å². The average Bonchev–Trinajstić information content (AvgIpc) is 2.09. The first kappa shape index (κ1) is 10.6. The summed E-state index contributed by atoms with van der Waals surface area (Å²) in [7, 11) is 0. The van der Waals surface area contributed by atoms with Crippen molar-refractivity contribution in [1.29, 1.82) is 0 Å². The summed E-state index contributed by atoms with van der Waals surface area (Å²) in [5.41, 5.74) is 11.3. The maximum absolute atomic E-state index is 12.2. The summed E-state index contributed by atoms with van der Waals surface area (Å²) in [6.45, 7) is 0.0718. The number of nitrogens with zero attached hydrogens (tertiary/aromatic N) is 1. The highest BCUT2D eigenvalue weighted by Gasteiger charge is 2.13. The van der Waals surface area contributed by atoms with Crippen molar-refractivity contribution in [3.05, 3.63) is 21.0 Å². The molecule has 0 fully saturated rings. The highest BCUT2D eigenvalue weighted by atomic mass is 127. The molecule has 1 heterocycles. The van der Waals surface area contributed by atoms with Crippen LogP contribution in [-0.4, -0.2) is 4.98 Å². The van der Waals surface area contributed by atoms with Crippen LogP contribution < -0.4 is 11.5 Å². The Morgan fingerprint density at radius 1 is 1.54 bits per heavy atom. The van der Waals surface area contributed by atoms with Crippen LogP contribution in [0.1, 0.15) is 17.8 Å². The van der Waals surface area contributed by atoms with Gasteiger partial charge in [0.25, 0.3) is 6.43 Å². The molecule has 6 heteroatoms. The summed E-state index contributed by atoms with van der Waals surface area (Å²) in [4.78, 5) is 3.65. The third-order valence-corrected chi connectivity index (χ3v) is 2.42. The van der Waals surface area contributed by atoms with Gasteiger partial charge in [-0.1, -0.05) is 0 Å². The molecule has 0 bridgehead atoms. The molecule has 1 aromatic rings. The van der Waals surface area contributed by atoms with E-state index in [-0.39, 0.29) is 12.2 Å². The summed E-state index contributed by atoms with van der Waals surface area (Å²) in [6.07, 6.45) is -2.58. The molecule has 0 aliphatic carbocycles. The van der Waals surface area contributed by atoms with E-state index in [1.54, 1.807) is 0 Å². The van der Waals surface area contributed by atoms with E-state index in [1.807, 2.05) is 22.6 Å². The summed E-state index contributed by atoms with van der Waals surface area (Å²) in [6, 6.07) is 1.26. The third kappa shape index (κ3) is 2.25. The highest BCUT2D eigenvalue weighted by Crippen LogP contribution is 2.24. The quantitative estimate of drug-likeness (QED) is 0.816. The van der Waals surface area contributed by atoms with Crippen LogP contribution in [0.4, 0.5) is 14.5 Å². The molecule has 0 radical (unpaired) electrons. The first-order valence-corrected chi connectivity index (χ1v) is 4.57. The molecular weight excluding hydrogens is 291 g/mol. The van der Waals surface area contributed by atoms with Gasteiger partial charge in [0.1, 0.15) is 5.69 Å². The van der Waals surface area contributed by atoms with Crippen LogP contribution >= 0.6 is 22.6 Å². The maximum atomic E-state index is 12.2. The molecule has 72 valence electrons. The van der Waals surface area contributed by atoms with Crippen LogP contribution in [0, 0.1) is 3.57 Å². The standard InChI is InChI=1S/C7H8F2IN3/c8-7(9)4-1-3(10)6(12)5(2-11)13-4/h1,7H,2,11-12H2. The van der Waals surface area contributed by atoms with Crippen molar-refractivity contribution in [3.8, 4) is 0 Å². The first-order valence-electron chi connectivity index (χ1n) is 3.49. The minimum atomic E-state index is -2.58. The number of nitrogens with two attached hydrogens (primary N) is 2. The summed E-state index contributed by atoms with van der Waals surface area (Å²) in [5.74, 6) is 0. The number of pyridine rings is 1. The molecule has 1 rings (SSSR count). The monoisotopic (exact) mass is 299 g/mol. The lowest BCUT2D eigenvalue weighted by Crippen LogP contribution is -2.08. The Kier molecular flexibility index (Phi) is 3.37. The van der Waals surface area contributed by atoms with E-state index in [0.29, 0.717) is 15.0 Å². The highest BCUT2D eigenvalue weighted by molar-refractivity contribution is 14.1. The summed E-state index contributed by atoms with van der Waals surface area (Å²) < 4.78 is 25.1. The largest absolute Gasteiger partial charge is 0.396 e. The first-order chi connectivity index (χ1) is 6.06. The van der Waals surface area contributed by atoms with Gasteiger partial charge in [0.15, 0.2) is 0 Å². The van der Waals surface area contributed by atoms with Crippen molar-refractivity contribution in [3.63, 3.8) is 0 Å². The Morgan fingerprint density at radius 3 is 2.62 bits per heavy atom. The van der Waals surface area contributed by atoms with Crippen molar-refractivity contribution in [2.45, 2.75) is 13.0 Å². The fourth-order valence-electron chi connectivity index (χ4n) is 0.861. The third-order valence-electron chi connectivity index (χ3n) is 1.52. The van der Waals surface area contributed by atoms with Gasteiger partial charge in [0.2, 0.25) is 0 Å². The minimum Gasteiger partial charge on any atom is -0.396 e. The lowest BCUT2D eigenvalue weighted by atomic mass is 10.2. The molecule has 0 saturated carbocycles. The van der Waals surface area contributed by atoms with E-state index in [0.717, 1.165) is 0 Å². The summed E-state index contributed by atoms with van der Waals surface area (Å²) in [5, 5.41) is 0. The fraction of sp³-hybridized carbons (Fsp3) is 0.286. The number of anilines is 1. The molecule has 4 N–H and O–H groups in total. The number of nitrogen functional groups attached to an aromatic ring is 1. The smallest absolute Gasteiger partial charge is 0.280 e. The lowest BCUT2D eigenvalue weighted by Gasteiger charge is -2.07. The number of aromatic nitrogens is 1. The van der Waals surface area contributed by atoms with Gasteiger partial charge < -0.3 is 11.5 Å². The number of rotatable bonds is 2. The molecule has 13 heavy (non-hydrogen) atoms. The number of halogens is 3. The Bertz CT molecular complexity index is 317. The van der Waals surface area contributed by atoms with Gasteiger partial charge in [-0.3, -0.25) is 0 Å². The Labute approximate surface area is 87.7 Å². The van der Waals surface area contributed by atoms with Gasteiger partial charge in [0.05, 0.1) is 11.4 Å². The van der Waals surface area contributed by atoms with Crippen LogP contribution in [0.15, 0.2) is 6.07 Å². The van der Waals surface area contributed by atoms with E-state index in [2.05, 4.69) is 4.98 Å². The molecule has 0 aliphatic heterocycles. The van der Waals surface area contributed by atoms with Crippen molar-refractivity contribution in [2.24, 2.45) is 5.73 Å². The zero-order valence-electron chi connectivity index (χ0n) is 6.60. The van der Waals surface area contributed by atoms with Gasteiger partial charge >= 0.3 is 0 Å². The number of alkyl halides is 2. The molecule has 1 aromatic heterocycles. The van der Waals surface area contributed by atoms with Crippen LogP contribution in [0.3, 0.4) is 0 Å². The Hall–Kier alpha value is -0.500. The topological polar surface area (TPSA) is 64.9 Å². The van der Waals surface area contributed by atoms with Crippen molar-refractivity contribution in [1.82, 2.24) is 4.98 Å².